The van der Waals surface area contributed by atoms with E-state index >= 15 is 0 Å². The Labute approximate surface area is 36.1 Å². The van der Waals surface area contributed by atoms with Gasteiger partial charge in [-0.2, -0.15) is 4.89 Å². The second-order valence-corrected chi connectivity index (χ2v) is 1.07. The van der Waals surface area contributed by atoms with Gasteiger partial charge < -0.3 is 0 Å². The molecule has 6 heavy (non-hydrogen) atoms. The van der Waals surface area contributed by atoms with Gasteiger partial charge in [0.05, 0.1) is 0 Å². The fourth-order valence-corrected chi connectivity index (χ4v) is 0.0278. The largest absolute Gasteiger partial charge is 0.234 e. The summed E-state index contributed by atoms with van der Waals surface area (Å²) in [5, 5.41) is 18.7. The summed E-state index contributed by atoms with van der Waals surface area (Å²) in [4.78, 5) is 3.34. The van der Waals surface area contributed by atoms with Crippen LogP contribution in [0.1, 0.15) is 6.92 Å². The summed E-state index contributed by atoms with van der Waals surface area (Å²) in [6.07, 6.45) is -0.676. The van der Waals surface area contributed by atoms with Crippen molar-refractivity contribution in [2.45, 2.75) is 13.0 Å². The summed E-state index contributed by atoms with van der Waals surface area (Å²) >= 11 is 0. The van der Waals surface area contributed by atoms with Gasteiger partial charge in [-0.15, -0.1) is 0 Å². The van der Waals surface area contributed by atoms with E-state index in [0.717, 1.165) is 0 Å². The number of rotatable bonds is 2. The molecule has 2 radical (unpaired) electrons. The molecule has 1 atom stereocenters. The zero-order chi connectivity index (χ0) is 4.99. The van der Waals surface area contributed by atoms with Gasteiger partial charge in [-0.05, 0) is 12.2 Å². The lowest BCUT2D eigenvalue weighted by Gasteiger charge is -1.93. The predicted molar refractivity (Wildman–Crippen MR) is 16.8 cm³/mol. The third kappa shape index (κ3) is 2.14. The summed E-state index contributed by atoms with van der Waals surface area (Å²) in [5.74, 6) is 0. The first kappa shape index (κ1) is 5.88. The Hall–Kier alpha value is -0.120. The van der Waals surface area contributed by atoms with E-state index in [0.29, 0.717) is 0 Å². The monoisotopic (exact) mass is 90.0 g/mol. The van der Waals surface area contributed by atoms with Gasteiger partial charge in [0.25, 0.3) is 0 Å². The highest BCUT2D eigenvalue weighted by Crippen LogP contribution is 1.81. The fourth-order valence-electron chi connectivity index (χ4n) is 0.0278. The Morgan fingerprint density at radius 2 is 2.33 bits per heavy atom. The van der Waals surface area contributed by atoms with Crippen LogP contribution in [0.3, 0.4) is 0 Å². The minimum atomic E-state index is -0.676. The molecule has 0 bridgehead atoms. The van der Waals surface area contributed by atoms with Gasteiger partial charge in [0.1, 0.15) is 12.7 Å². The zero-order valence-corrected chi connectivity index (χ0v) is 3.51. The van der Waals surface area contributed by atoms with Crippen LogP contribution in [0.2, 0.25) is 0 Å². The van der Waals surface area contributed by atoms with Gasteiger partial charge in [-0.25, -0.2) is 5.11 Å². The van der Waals surface area contributed by atoms with E-state index in [1.807, 2.05) is 0 Å². The molecule has 0 fully saturated rings. The Kier molecular flexibility index (Phi) is 3.02. The minimum absolute atomic E-state index is 0.455. The van der Waals surface area contributed by atoms with Gasteiger partial charge in [0.15, 0.2) is 0 Å². The molecule has 0 saturated heterocycles. The van der Waals surface area contributed by atoms with Gasteiger partial charge in [-0.3, -0.25) is 0 Å². The second-order valence-electron chi connectivity index (χ2n) is 1.07. The van der Waals surface area contributed by atoms with E-state index in [2.05, 4.69) is 4.89 Å². The van der Waals surface area contributed by atoms with Crippen LogP contribution < -0.4 is 0 Å². The molecule has 0 aliphatic carbocycles. The second kappa shape index (κ2) is 3.08. The van der Waals surface area contributed by atoms with Crippen LogP contribution in [0.15, 0.2) is 0 Å². The molecule has 0 aliphatic rings. The lowest BCUT2D eigenvalue weighted by Crippen LogP contribution is -2.07. The minimum Gasteiger partial charge on any atom is -0.234 e. The molecule has 0 heterocycles. The van der Waals surface area contributed by atoms with Gasteiger partial charge in [0.2, 0.25) is 0 Å². The lowest BCUT2D eigenvalue weighted by atomic mass is 10.5. The molecule has 0 aromatic carbocycles. The molecule has 0 aromatic rings. The fraction of sp³-hybridized carbons (Fsp3) is 1.00. The molecular formula is C3H6O3. The Morgan fingerprint density at radius 3 is 2.33 bits per heavy atom. The molecular weight excluding hydrogens is 84.0 g/mol. The van der Waals surface area contributed by atoms with E-state index in [4.69, 9.17) is 5.26 Å². The molecule has 0 saturated carbocycles. The third-order valence-electron chi connectivity index (χ3n) is 0.399. The van der Waals surface area contributed by atoms with Gasteiger partial charge in [0, 0.05) is 0 Å². The molecule has 0 aromatic heterocycles. The van der Waals surface area contributed by atoms with Crippen LogP contribution >= 0.6 is 0 Å². The van der Waals surface area contributed by atoms with Crippen molar-refractivity contribution in [2.24, 2.45) is 0 Å². The van der Waals surface area contributed by atoms with Gasteiger partial charge in [-0.1, -0.05) is 0 Å². The van der Waals surface area contributed by atoms with Crippen LogP contribution in [0, 0.1) is 0 Å². The van der Waals surface area contributed by atoms with E-state index in [1.54, 1.807) is 0 Å². The van der Waals surface area contributed by atoms with Crippen molar-refractivity contribution in [1.29, 1.82) is 0 Å². The molecule has 0 aliphatic heterocycles. The molecule has 36 valence electrons. The summed E-state index contributed by atoms with van der Waals surface area (Å²) in [7, 11) is 0. The normalized spacial score (nSPS) is 14.5. The molecule has 0 N–H and O–H groups in total. The van der Waals surface area contributed by atoms with Crippen molar-refractivity contribution in [3.05, 3.63) is 0 Å². The zero-order valence-electron chi connectivity index (χ0n) is 3.51. The van der Waals surface area contributed by atoms with Crippen molar-refractivity contribution in [2.75, 3.05) is 6.61 Å². The maximum absolute atomic E-state index is 9.54. The Bertz CT molecular complexity index is 25.2. The average Bonchev–Trinajstić information content (AvgIpc) is 1.65. The SMILES string of the molecule is CC(C[O])O[O]. The quantitative estimate of drug-likeness (QED) is 0.352. The molecule has 0 spiro atoms. The highest BCUT2D eigenvalue weighted by atomic mass is 17.1. The van der Waals surface area contributed by atoms with Crippen molar-refractivity contribution < 1.29 is 15.3 Å². The van der Waals surface area contributed by atoms with Crippen LogP contribution in [-0.4, -0.2) is 12.7 Å². The van der Waals surface area contributed by atoms with Crippen LogP contribution in [0.4, 0.5) is 0 Å². The molecule has 1 unspecified atom stereocenters. The van der Waals surface area contributed by atoms with Crippen LogP contribution in [0.25, 0.3) is 0 Å². The lowest BCUT2D eigenvalue weighted by molar-refractivity contribution is -0.337. The summed E-state index contributed by atoms with van der Waals surface area (Å²) in [5.41, 5.74) is 0. The first-order valence-corrected chi connectivity index (χ1v) is 1.68. The maximum atomic E-state index is 9.54. The molecule has 3 heteroatoms. The molecule has 3 nitrogen and oxygen atoms in total. The van der Waals surface area contributed by atoms with Crippen molar-refractivity contribution in [3.63, 3.8) is 0 Å². The topological polar surface area (TPSA) is 49.0 Å². The van der Waals surface area contributed by atoms with Gasteiger partial charge >= 0.3 is 0 Å². The van der Waals surface area contributed by atoms with E-state index in [9.17, 15) is 5.11 Å². The van der Waals surface area contributed by atoms with Crippen LogP contribution in [-0.2, 0) is 15.3 Å². The molecule has 0 rings (SSSR count). The van der Waals surface area contributed by atoms with Crippen molar-refractivity contribution in [1.82, 2.24) is 0 Å². The van der Waals surface area contributed by atoms with E-state index in [1.165, 1.54) is 6.92 Å². The molecule has 0 amide bonds. The number of hydrogen-bond donors (Lipinski definition) is 0. The maximum Gasteiger partial charge on any atom is 0.120 e. The Morgan fingerprint density at radius 1 is 1.83 bits per heavy atom. The first-order valence-electron chi connectivity index (χ1n) is 1.68. The summed E-state index contributed by atoms with van der Waals surface area (Å²) in [6.45, 7) is 0.976. The highest BCUT2D eigenvalue weighted by Gasteiger charge is 1.95. The predicted octanol–water partition coefficient (Wildman–Crippen LogP) is 0.167. The standard InChI is InChI=1S/C3H6O3/c1-3(2-4)6-5/h3H,2H2,1H3. The van der Waals surface area contributed by atoms with Crippen LogP contribution in [0.5, 0.6) is 0 Å². The van der Waals surface area contributed by atoms with Crippen molar-refractivity contribution in [3.8, 4) is 0 Å². The summed E-state index contributed by atoms with van der Waals surface area (Å²) in [6, 6.07) is 0. The van der Waals surface area contributed by atoms with E-state index < -0.39 is 12.7 Å². The van der Waals surface area contributed by atoms with Crippen molar-refractivity contribution >= 4 is 0 Å². The summed E-state index contributed by atoms with van der Waals surface area (Å²) < 4.78 is 0. The Balaban J connectivity index is 2.75. The van der Waals surface area contributed by atoms with E-state index in [-0.39, 0.29) is 0 Å². The first-order chi connectivity index (χ1) is 2.81. The smallest absolute Gasteiger partial charge is 0.120 e. The average molecular weight is 90.1 g/mol. The highest BCUT2D eigenvalue weighted by molar-refractivity contribution is 4.36. The third-order valence-corrected chi connectivity index (χ3v) is 0.399. The number of hydrogen-bond acceptors (Lipinski definition) is 1.